The number of hydrogen-bond acceptors (Lipinski definition) is 3. The third-order valence-corrected chi connectivity index (χ3v) is 3.11. The molecule has 0 spiro atoms. The first-order chi connectivity index (χ1) is 8.67. The summed E-state index contributed by atoms with van der Waals surface area (Å²) in [5.41, 5.74) is 3.30. The van der Waals surface area contributed by atoms with Gasteiger partial charge in [-0.15, -0.1) is 0 Å². The molecule has 0 unspecified atom stereocenters. The van der Waals surface area contributed by atoms with E-state index < -0.39 is 0 Å². The minimum absolute atomic E-state index is 0.149. The van der Waals surface area contributed by atoms with Crippen molar-refractivity contribution in [3.63, 3.8) is 0 Å². The average Bonchev–Trinajstić information content (AvgIpc) is 2.67. The van der Waals surface area contributed by atoms with Gasteiger partial charge in [0.15, 0.2) is 0 Å². The van der Waals surface area contributed by atoms with Crippen LogP contribution in [0.15, 0.2) is 24.3 Å². The molecular formula is C13H15ClN2O2. The highest BCUT2D eigenvalue weighted by Crippen LogP contribution is 2.24. The number of rotatable bonds is 4. The van der Waals surface area contributed by atoms with Gasteiger partial charge in [0, 0.05) is 12.7 Å². The molecule has 0 aliphatic rings. The Morgan fingerprint density at radius 3 is 2.56 bits per heavy atom. The van der Waals surface area contributed by atoms with Crippen LogP contribution in [0.25, 0.3) is 5.69 Å². The van der Waals surface area contributed by atoms with E-state index in [2.05, 4.69) is 5.10 Å². The van der Waals surface area contributed by atoms with E-state index in [1.807, 2.05) is 31.2 Å². The smallest absolute Gasteiger partial charge is 0.138 e. The number of methoxy groups -OCH3 is 1. The van der Waals surface area contributed by atoms with Crippen molar-refractivity contribution in [3.8, 4) is 5.69 Å². The number of halogens is 1. The van der Waals surface area contributed by atoms with Crippen LogP contribution in [0.4, 0.5) is 0 Å². The minimum Gasteiger partial charge on any atom is -0.391 e. The van der Waals surface area contributed by atoms with Crippen molar-refractivity contribution >= 4 is 11.6 Å². The van der Waals surface area contributed by atoms with Crippen molar-refractivity contribution < 1.29 is 9.84 Å². The molecule has 1 aromatic heterocycles. The van der Waals surface area contributed by atoms with Crippen LogP contribution in [0.2, 0.25) is 5.15 Å². The summed E-state index contributed by atoms with van der Waals surface area (Å²) in [5.74, 6) is 0. The fourth-order valence-electron chi connectivity index (χ4n) is 1.74. The van der Waals surface area contributed by atoms with Crippen LogP contribution in [0.3, 0.4) is 0 Å². The van der Waals surface area contributed by atoms with Gasteiger partial charge in [0.1, 0.15) is 5.15 Å². The molecule has 0 atom stereocenters. The number of benzene rings is 1. The van der Waals surface area contributed by atoms with E-state index in [9.17, 15) is 5.11 Å². The molecule has 5 heteroatoms. The molecule has 0 amide bonds. The third kappa shape index (κ3) is 2.41. The van der Waals surface area contributed by atoms with Crippen LogP contribution >= 0.6 is 11.6 Å². The first kappa shape index (κ1) is 13.1. The third-order valence-electron chi connectivity index (χ3n) is 2.72. The molecule has 1 aromatic carbocycles. The van der Waals surface area contributed by atoms with E-state index in [-0.39, 0.29) is 6.61 Å². The highest BCUT2D eigenvalue weighted by atomic mass is 35.5. The SMILES string of the molecule is COCc1nn(-c2ccc(C)cc2)c(Cl)c1CO. The quantitative estimate of drug-likeness (QED) is 0.925. The number of hydrogen-bond donors (Lipinski definition) is 1. The van der Waals surface area contributed by atoms with Gasteiger partial charge in [-0.25, -0.2) is 4.68 Å². The Balaban J connectivity index is 2.47. The van der Waals surface area contributed by atoms with Crippen LogP contribution < -0.4 is 0 Å². The maximum absolute atomic E-state index is 9.34. The molecule has 96 valence electrons. The summed E-state index contributed by atoms with van der Waals surface area (Å²) in [4.78, 5) is 0. The predicted octanol–water partition coefficient (Wildman–Crippen LogP) is 2.47. The van der Waals surface area contributed by atoms with Crippen LogP contribution in [0, 0.1) is 6.92 Å². The number of nitrogens with zero attached hydrogens (tertiary/aromatic N) is 2. The molecule has 0 saturated heterocycles. The van der Waals surface area contributed by atoms with Crippen LogP contribution in [-0.2, 0) is 18.0 Å². The first-order valence-corrected chi connectivity index (χ1v) is 5.98. The molecule has 0 radical (unpaired) electrons. The summed E-state index contributed by atoms with van der Waals surface area (Å²) in [7, 11) is 1.58. The number of aromatic nitrogens is 2. The van der Waals surface area contributed by atoms with Crippen molar-refractivity contribution in [2.75, 3.05) is 7.11 Å². The Kier molecular flexibility index (Phi) is 4.01. The second-order valence-electron chi connectivity index (χ2n) is 4.05. The highest BCUT2D eigenvalue weighted by molar-refractivity contribution is 6.30. The largest absolute Gasteiger partial charge is 0.391 e. The molecule has 0 aliphatic carbocycles. The Morgan fingerprint density at radius 2 is 2.00 bits per heavy atom. The van der Waals surface area contributed by atoms with Gasteiger partial charge in [-0.05, 0) is 19.1 Å². The summed E-state index contributed by atoms with van der Waals surface area (Å²) < 4.78 is 6.66. The summed E-state index contributed by atoms with van der Waals surface area (Å²) in [6, 6.07) is 7.85. The Morgan fingerprint density at radius 1 is 1.33 bits per heavy atom. The minimum atomic E-state index is -0.149. The molecule has 4 nitrogen and oxygen atoms in total. The van der Waals surface area contributed by atoms with Gasteiger partial charge in [0.2, 0.25) is 0 Å². The molecule has 0 bridgehead atoms. The topological polar surface area (TPSA) is 47.3 Å². The number of aliphatic hydroxyl groups is 1. The maximum Gasteiger partial charge on any atom is 0.138 e. The Hall–Kier alpha value is -1.36. The van der Waals surface area contributed by atoms with E-state index in [4.69, 9.17) is 16.3 Å². The Labute approximate surface area is 111 Å². The normalized spacial score (nSPS) is 10.9. The Bertz CT molecular complexity index is 535. The number of ether oxygens (including phenoxy) is 1. The molecule has 2 rings (SSSR count). The molecule has 0 fully saturated rings. The van der Waals surface area contributed by atoms with Gasteiger partial charge < -0.3 is 9.84 Å². The van der Waals surface area contributed by atoms with Gasteiger partial charge in [-0.3, -0.25) is 0 Å². The van der Waals surface area contributed by atoms with E-state index in [1.54, 1.807) is 11.8 Å². The zero-order valence-corrected chi connectivity index (χ0v) is 11.1. The van der Waals surface area contributed by atoms with Crippen molar-refractivity contribution in [2.24, 2.45) is 0 Å². The van der Waals surface area contributed by atoms with E-state index in [0.717, 1.165) is 5.69 Å². The highest BCUT2D eigenvalue weighted by Gasteiger charge is 2.16. The van der Waals surface area contributed by atoms with Crippen molar-refractivity contribution in [1.82, 2.24) is 9.78 Å². The second-order valence-corrected chi connectivity index (χ2v) is 4.41. The number of aryl methyl sites for hydroxylation is 1. The van der Waals surface area contributed by atoms with Crippen LogP contribution in [0.5, 0.6) is 0 Å². The predicted molar refractivity (Wildman–Crippen MR) is 69.9 cm³/mol. The molecule has 1 N–H and O–H groups in total. The van der Waals surface area contributed by atoms with E-state index >= 15 is 0 Å². The maximum atomic E-state index is 9.34. The van der Waals surface area contributed by atoms with E-state index in [0.29, 0.717) is 23.0 Å². The molecule has 0 saturated carbocycles. The van der Waals surface area contributed by atoms with E-state index in [1.165, 1.54) is 5.56 Å². The molecule has 2 aromatic rings. The van der Waals surface area contributed by atoms with Gasteiger partial charge in [0.25, 0.3) is 0 Å². The van der Waals surface area contributed by atoms with Gasteiger partial charge >= 0.3 is 0 Å². The van der Waals surface area contributed by atoms with Crippen molar-refractivity contribution in [1.29, 1.82) is 0 Å². The fourth-order valence-corrected chi connectivity index (χ4v) is 2.04. The summed E-state index contributed by atoms with van der Waals surface area (Å²) in [6.45, 7) is 2.20. The second kappa shape index (κ2) is 5.52. The van der Waals surface area contributed by atoms with Crippen molar-refractivity contribution in [2.45, 2.75) is 20.1 Å². The first-order valence-electron chi connectivity index (χ1n) is 5.60. The zero-order valence-electron chi connectivity index (χ0n) is 10.4. The standard InChI is InChI=1S/C13H15ClN2O2/c1-9-3-5-10(6-4-9)16-13(14)11(7-17)12(15-16)8-18-2/h3-6,17H,7-8H2,1-2H3. The van der Waals surface area contributed by atoms with Crippen LogP contribution in [-0.4, -0.2) is 22.0 Å². The van der Waals surface area contributed by atoms with Gasteiger partial charge in [0.05, 0.1) is 24.6 Å². The number of aliphatic hydroxyl groups excluding tert-OH is 1. The van der Waals surface area contributed by atoms with Gasteiger partial charge in [-0.1, -0.05) is 29.3 Å². The monoisotopic (exact) mass is 266 g/mol. The summed E-state index contributed by atoms with van der Waals surface area (Å²) in [5, 5.41) is 14.1. The lowest BCUT2D eigenvalue weighted by Gasteiger charge is -2.03. The molecule has 0 aliphatic heterocycles. The lowest BCUT2D eigenvalue weighted by Crippen LogP contribution is -1.98. The molecule has 1 heterocycles. The van der Waals surface area contributed by atoms with Crippen molar-refractivity contribution in [3.05, 3.63) is 46.2 Å². The van der Waals surface area contributed by atoms with Gasteiger partial charge in [-0.2, -0.15) is 5.10 Å². The fraction of sp³-hybridized carbons (Fsp3) is 0.308. The molecular weight excluding hydrogens is 252 g/mol. The molecule has 18 heavy (non-hydrogen) atoms. The van der Waals surface area contributed by atoms with Crippen LogP contribution in [0.1, 0.15) is 16.8 Å². The lowest BCUT2D eigenvalue weighted by molar-refractivity contribution is 0.178. The average molecular weight is 267 g/mol. The zero-order chi connectivity index (χ0) is 13.1. The summed E-state index contributed by atoms with van der Waals surface area (Å²) >= 11 is 6.22. The lowest BCUT2D eigenvalue weighted by atomic mass is 10.2. The summed E-state index contributed by atoms with van der Waals surface area (Å²) in [6.07, 6.45) is 0.